The molecule has 0 aromatic heterocycles. The number of aryl methyl sites for hydroxylation is 1. The number of nitrogens with zero attached hydrogens (tertiary/aromatic N) is 2. The zero-order chi connectivity index (χ0) is 15.9. The zero-order valence-corrected chi connectivity index (χ0v) is 13.7. The SMILES string of the molecule is Cc1ccc2c(c1)C(C)(C)C(=O)N2CC(=O)N1CCCCC1. The Morgan fingerprint density at radius 3 is 2.55 bits per heavy atom. The molecule has 0 saturated carbocycles. The molecule has 4 heteroatoms. The molecule has 0 spiro atoms. The largest absolute Gasteiger partial charge is 0.341 e. The van der Waals surface area contributed by atoms with Crippen molar-refractivity contribution in [2.24, 2.45) is 0 Å². The predicted octanol–water partition coefficient (Wildman–Crippen LogP) is 2.63. The Hall–Kier alpha value is -1.84. The molecule has 1 saturated heterocycles. The van der Waals surface area contributed by atoms with Gasteiger partial charge in [-0.2, -0.15) is 0 Å². The van der Waals surface area contributed by atoms with Crippen molar-refractivity contribution in [1.82, 2.24) is 4.90 Å². The van der Waals surface area contributed by atoms with E-state index in [1.165, 1.54) is 6.42 Å². The highest BCUT2D eigenvalue weighted by Crippen LogP contribution is 2.41. The van der Waals surface area contributed by atoms with Crippen molar-refractivity contribution >= 4 is 17.5 Å². The number of piperidine rings is 1. The minimum absolute atomic E-state index is 0.0264. The first-order valence-corrected chi connectivity index (χ1v) is 8.12. The summed E-state index contributed by atoms with van der Waals surface area (Å²) in [7, 11) is 0. The van der Waals surface area contributed by atoms with Gasteiger partial charge in [0.05, 0.1) is 5.41 Å². The Morgan fingerprint density at radius 2 is 1.86 bits per heavy atom. The first-order chi connectivity index (χ1) is 10.4. The number of carbonyl (C=O) groups excluding carboxylic acids is 2. The molecule has 0 N–H and O–H groups in total. The standard InChI is InChI=1S/C18H24N2O2/c1-13-7-8-15-14(11-13)18(2,3)17(22)20(15)12-16(21)19-9-5-4-6-10-19/h7-8,11H,4-6,9-10,12H2,1-3H3. The number of benzene rings is 1. The van der Waals surface area contributed by atoms with E-state index in [-0.39, 0.29) is 18.4 Å². The molecule has 2 aliphatic rings. The Labute approximate surface area is 132 Å². The minimum atomic E-state index is -0.552. The lowest BCUT2D eigenvalue weighted by atomic mass is 9.85. The van der Waals surface area contributed by atoms with E-state index in [0.717, 1.165) is 42.7 Å². The van der Waals surface area contributed by atoms with E-state index in [0.29, 0.717) is 0 Å². The highest BCUT2D eigenvalue weighted by Gasteiger charge is 2.44. The fraction of sp³-hybridized carbons (Fsp3) is 0.556. The third kappa shape index (κ3) is 2.40. The Morgan fingerprint density at radius 1 is 1.18 bits per heavy atom. The summed E-state index contributed by atoms with van der Waals surface area (Å²) in [6.07, 6.45) is 3.34. The number of hydrogen-bond acceptors (Lipinski definition) is 2. The molecular weight excluding hydrogens is 276 g/mol. The molecule has 2 heterocycles. The monoisotopic (exact) mass is 300 g/mol. The van der Waals surface area contributed by atoms with Crippen LogP contribution in [0.5, 0.6) is 0 Å². The maximum absolute atomic E-state index is 12.8. The quantitative estimate of drug-likeness (QED) is 0.842. The van der Waals surface area contributed by atoms with Gasteiger partial charge < -0.3 is 9.80 Å². The molecule has 0 bridgehead atoms. The number of carbonyl (C=O) groups is 2. The molecule has 1 fully saturated rings. The van der Waals surface area contributed by atoms with Crippen LogP contribution in [0.15, 0.2) is 18.2 Å². The van der Waals surface area contributed by atoms with Crippen LogP contribution in [0, 0.1) is 6.92 Å². The maximum atomic E-state index is 12.8. The van der Waals surface area contributed by atoms with Crippen molar-refractivity contribution in [1.29, 1.82) is 0 Å². The van der Waals surface area contributed by atoms with Crippen molar-refractivity contribution in [2.45, 2.75) is 45.4 Å². The van der Waals surface area contributed by atoms with E-state index in [9.17, 15) is 9.59 Å². The van der Waals surface area contributed by atoms with E-state index in [4.69, 9.17) is 0 Å². The van der Waals surface area contributed by atoms with Crippen LogP contribution in [0.1, 0.15) is 44.2 Å². The molecular formula is C18H24N2O2. The van der Waals surface area contributed by atoms with E-state index in [1.807, 2.05) is 37.8 Å². The second-order valence-corrected chi connectivity index (χ2v) is 6.98. The second-order valence-electron chi connectivity index (χ2n) is 6.98. The van der Waals surface area contributed by atoms with Gasteiger partial charge in [-0.1, -0.05) is 17.7 Å². The van der Waals surface area contributed by atoms with Gasteiger partial charge in [0.25, 0.3) is 0 Å². The van der Waals surface area contributed by atoms with Gasteiger partial charge >= 0.3 is 0 Å². The number of amides is 2. The molecule has 3 rings (SSSR count). The maximum Gasteiger partial charge on any atom is 0.242 e. The number of fused-ring (bicyclic) bond motifs is 1. The summed E-state index contributed by atoms with van der Waals surface area (Å²) in [5.74, 6) is 0.0933. The molecule has 0 radical (unpaired) electrons. The Kier molecular flexibility index (Phi) is 3.71. The van der Waals surface area contributed by atoms with Gasteiger partial charge in [0.1, 0.15) is 6.54 Å². The molecule has 1 aromatic carbocycles. The molecule has 0 unspecified atom stereocenters. The molecule has 2 amide bonds. The molecule has 0 aliphatic carbocycles. The first kappa shape index (κ1) is 15.1. The summed E-state index contributed by atoms with van der Waals surface area (Å²) in [4.78, 5) is 28.9. The summed E-state index contributed by atoms with van der Waals surface area (Å²) in [6, 6.07) is 6.05. The van der Waals surface area contributed by atoms with Crippen molar-refractivity contribution in [3.8, 4) is 0 Å². The van der Waals surface area contributed by atoms with E-state index >= 15 is 0 Å². The van der Waals surface area contributed by atoms with Crippen LogP contribution >= 0.6 is 0 Å². The average Bonchev–Trinajstić information content (AvgIpc) is 2.69. The molecule has 2 aliphatic heterocycles. The summed E-state index contributed by atoms with van der Waals surface area (Å²) in [5.41, 5.74) is 2.52. The fourth-order valence-electron chi connectivity index (χ4n) is 3.48. The number of hydrogen-bond donors (Lipinski definition) is 0. The molecule has 118 valence electrons. The predicted molar refractivity (Wildman–Crippen MR) is 87.0 cm³/mol. The van der Waals surface area contributed by atoms with Gasteiger partial charge in [-0.3, -0.25) is 9.59 Å². The minimum Gasteiger partial charge on any atom is -0.341 e. The molecule has 1 aromatic rings. The normalized spacial score (nSPS) is 20.2. The molecule has 22 heavy (non-hydrogen) atoms. The molecule has 0 atom stereocenters. The van der Waals surface area contributed by atoms with Gasteiger partial charge in [-0.15, -0.1) is 0 Å². The lowest BCUT2D eigenvalue weighted by Gasteiger charge is -2.29. The third-order valence-corrected chi connectivity index (χ3v) is 4.90. The van der Waals surface area contributed by atoms with Crippen LogP contribution in [0.4, 0.5) is 5.69 Å². The van der Waals surface area contributed by atoms with Crippen LogP contribution in [0.3, 0.4) is 0 Å². The van der Waals surface area contributed by atoms with Gasteiger partial charge in [0, 0.05) is 18.8 Å². The van der Waals surface area contributed by atoms with Crippen LogP contribution in [-0.4, -0.2) is 36.3 Å². The highest BCUT2D eigenvalue weighted by molar-refractivity contribution is 6.10. The lowest BCUT2D eigenvalue weighted by molar-refractivity contribution is -0.132. The average molecular weight is 300 g/mol. The fourth-order valence-corrected chi connectivity index (χ4v) is 3.48. The van der Waals surface area contributed by atoms with Crippen LogP contribution in [-0.2, 0) is 15.0 Å². The Bertz CT molecular complexity index is 616. The van der Waals surface area contributed by atoms with Crippen molar-refractivity contribution < 1.29 is 9.59 Å². The smallest absolute Gasteiger partial charge is 0.242 e. The summed E-state index contributed by atoms with van der Waals surface area (Å²) in [5, 5.41) is 0. The topological polar surface area (TPSA) is 40.6 Å². The zero-order valence-electron chi connectivity index (χ0n) is 13.7. The van der Waals surface area contributed by atoms with Gasteiger partial charge in [0.15, 0.2) is 0 Å². The van der Waals surface area contributed by atoms with Crippen LogP contribution in [0.25, 0.3) is 0 Å². The first-order valence-electron chi connectivity index (χ1n) is 8.12. The van der Waals surface area contributed by atoms with Gasteiger partial charge in [-0.05, 0) is 51.7 Å². The van der Waals surface area contributed by atoms with Crippen molar-refractivity contribution in [3.63, 3.8) is 0 Å². The summed E-state index contributed by atoms with van der Waals surface area (Å²) < 4.78 is 0. The summed E-state index contributed by atoms with van der Waals surface area (Å²) >= 11 is 0. The second kappa shape index (κ2) is 5.41. The van der Waals surface area contributed by atoms with Crippen LogP contribution < -0.4 is 4.90 Å². The van der Waals surface area contributed by atoms with E-state index < -0.39 is 5.41 Å². The van der Waals surface area contributed by atoms with Crippen molar-refractivity contribution in [2.75, 3.05) is 24.5 Å². The number of anilines is 1. The van der Waals surface area contributed by atoms with E-state index in [1.54, 1.807) is 4.90 Å². The molecule has 4 nitrogen and oxygen atoms in total. The van der Waals surface area contributed by atoms with Gasteiger partial charge in [-0.25, -0.2) is 0 Å². The number of rotatable bonds is 2. The van der Waals surface area contributed by atoms with Crippen LogP contribution in [0.2, 0.25) is 0 Å². The summed E-state index contributed by atoms with van der Waals surface area (Å²) in [6.45, 7) is 7.73. The Balaban J connectivity index is 1.85. The van der Waals surface area contributed by atoms with Crippen molar-refractivity contribution in [3.05, 3.63) is 29.3 Å². The number of likely N-dealkylation sites (tertiary alicyclic amines) is 1. The third-order valence-electron chi connectivity index (χ3n) is 4.90. The van der Waals surface area contributed by atoms with Gasteiger partial charge in [0.2, 0.25) is 11.8 Å². The highest BCUT2D eigenvalue weighted by atomic mass is 16.2. The lowest BCUT2D eigenvalue weighted by Crippen LogP contribution is -2.45. The van der Waals surface area contributed by atoms with E-state index in [2.05, 4.69) is 6.07 Å².